The molecule has 0 saturated heterocycles. The largest absolute Gasteiger partial charge is 0.573 e. The standard InChI is InChI=1S/C18H16F3NO3/c1-22(11-13-7-3-5-9-15(13)25-18(19,20)21)17(23)16-10-12-6-2-4-8-14(12)24-16/h2-9,16H,10-11H2,1H3/t16-/m0/s1. The van der Waals surface area contributed by atoms with Gasteiger partial charge in [0.15, 0.2) is 6.10 Å². The lowest BCUT2D eigenvalue weighted by molar-refractivity contribution is -0.275. The average Bonchev–Trinajstić information content (AvgIpc) is 2.98. The van der Waals surface area contributed by atoms with E-state index >= 15 is 0 Å². The maximum atomic E-state index is 12.6. The van der Waals surface area contributed by atoms with Gasteiger partial charge in [-0.3, -0.25) is 4.79 Å². The third kappa shape index (κ3) is 4.04. The zero-order valence-electron chi connectivity index (χ0n) is 13.4. The van der Waals surface area contributed by atoms with E-state index in [-0.39, 0.29) is 23.8 Å². The Bertz CT molecular complexity index is 751. The SMILES string of the molecule is CN(Cc1ccccc1OC(F)(F)F)C(=O)[C@@H]1Cc2ccccc2O1. The van der Waals surface area contributed by atoms with Crippen molar-refractivity contribution in [2.24, 2.45) is 0 Å². The van der Waals surface area contributed by atoms with Crippen LogP contribution in [0.2, 0.25) is 0 Å². The molecule has 0 spiro atoms. The van der Waals surface area contributed by atoms with Gasteiger partial charge in [-0.15, -0.1) is 13.2 Å². The van der Waals surface area contributed by atoms with Gasteiger partial charge in [-0.1, -0.05) is 36.4 Å². The van der Waals surface area contributed by atoms with E-state index in [1.807, 2.05) is 18.2 Å². The second-order valence-corrected chi connectivity index (χ2v) is 5.77. The van der Waals surface area contributed by atoms with E-state index < -0.39 is 12.5 Å². The summed E-state index contributed by atoms with van der Waals surface area (Å²) >= 11 is 0. The number of hydrogen-bond donors (Lipinski definition) is 0. The number of fused-ring (bicyclic) bond motifs is 1. The molecule has 3 rings (SSSR count). The molecule has 1 atom stereocenters. The van der Waals surface area contributed by atoms with Gasteiger partial charge >= 0.3 is 6.36 Å². The van der Waals surface area contributed by atoms with Gasteiger partial charge in [-0.05, 0) is 17.7 Å². The molecular formula is C18H16F3NO3. The maximum Gasteiger partial charge on any atom is 0.573 e. The van der Waals surface area contributed by atoms with Gasteiger partial charge in [0, 0.05) is 25.6 Å². The molecule has 0 radical (unpaired) electrons. The minimum absolute atomic E-state index is 0.0126. The number of ether oxygens (including phenoxy) is 2. The summed E-state index contributed by atoms with van der Waals surface area (Å²) in [6.45, 7) is -0.0126. The third-order valence-corrected chi connectivity index (χ3v) is 3.90. The smallest absolute Gasteiger partial charge is 0.480 e. The van der Waals surface area contributed by atoms with Gasteiger partial charge in [-0.2, -0.15) is 0 Å². The first-order chi connectivity index (χ1) is 11.8. The molecule has 0 fully saturated rings. The third-order valence-electron chi connectivity index (χ3n) is 3.90. The van der Waals surface area contributed by atoms with Crippen molar-refractivity contribution >= 4 is 5.91 Å². The van der Waals surface area contributed by atoms with Crippen molar-refractivity contribution in [2.45, 2.75) is 25.4 Å². The van der Waals surface area contributed by atoms with E-state index in [9.17, 15) is 18.0 Å². The molecule has 0 N–H and O–H groups in total. The van der Waals surface area contributed by atoms with Gasteiger partial charge in [0.1, 0.15) is 11.5 Å². The number of amides is 1. The van der Waals surface area contributed by atoms with Crippen LogP contribution in [-0.2, 0) is 17.8 Å². The number of carbonyl (C=O) groups is 1. The van der Waals surface area contributed by atoms with Crippen LogP contribution in [0.4, 0.5) is 13.2 Å². The first-order valence-corrected chi connectivity index (χ1v) is 7.66. The molecule has 2 aromatic rings. The topological polar surface area (TPSA) is 38.8 Å². The highest BCUT2D eigenvalue weighted by Crippen LogP contribution is 2.30. The summed E-state index contributed by atoms with van der Waals surface area (Å²) in [5.74, 6) is 0.0540. The minimum Gasteiger partial charge on any atom is -0.480 e. The summed E-state index contributed by atoms with van der Waals surface area (Å²) in [5, 5.41) is 0. The molecule has 1 amide bonds. The van der Waals surface area contributed by atoms with Crippen molar-refractivity contribution in [3.63, 3.8) is 0 Å². The average molecular weight is 351 g/mol. The van der Waals surface area contributed by atoms with Crippen LogP contribution in [0.3, 0.4) is 0 Å². The highest BCUT2D eigenvalue weighted by Gasteiger charge is 2.33. The predicted molar refractivity (Wildman–Crippen MR) is 84.2 cm³/mol. The van der Waals surface area contributed by atoms with Crippen molar-refractivity contribution in [1.82, 2.24) is 4.90 Å². The van der Waals surface area contributed by atoms with Crippen molar-refractivity contribution in [3.05, 3.63) is 59.7 Å². The zero-order chi connectivity index (χ0) is 18.0. The minimum atomic E-state index is -4.78. The number of carbonyl (C=O) groups excluding carboxylic acids is 1. The molecule has 1 aliphatic rings. The van der Waals surface area contributed by atoms with Crippen LogP contribution in [0.25, 0.3) is 0 Å². The van der Waals surface area contributed by atoms with Gasteiger partial charge in [0.25, 0.3) is 5.91 Å². The highest BCUT2D eigenvalue weighted by atomic mass is 19.4. The second-order valence-electron chi connectivity index (χ2n) is 5.77. The Hall–Kier alpha value is -2.70. The van der Waals surface area contributed by atoms with E-state index in [1.54, 1.807) is 12.1 Å². The molecule has 0 bridgehead atoms. The lowest BCUT2D eigenvalue weighted by Crippen LogP contribution is -2.38. The molecule has 1 heterocycles. The molecule has 0 aromatic heterocycles. The normalized spacial score (nSPS) is 16.1. The molecule has 2 aromatic carbocycles. The summed E-state index contributed by atoms with van der Waals surface area (Å²) in [6, 6.07) is 13.1. The summed E-state index contributed by atoms with van der Waals surface area (Å²) in [7, 11) is 1.53. The van der Waals surface area contributed by atoms with Gasteiger partial charge in [0.2, 0.25) is 0 Å². The Morgan fingerprint density at radius 1 is 1.20 bits per heavy atom. The molecule has 4 nitrogen and oxygen atoms in total. The van der Waals surface area contributed by atoms with E-state index in [0.29, 0.717) is 12.2 Å². The van der Waals surface area contributed by atoms with Gasteiger partial charge in [-0.25, -0.2) is 0 Å². The first kappa shape index (κ1) is 17.1. The molecule has 25 heavy (non-hydrogen) atoms. The Kier molecular flexibility index (Phi) is 4.57. The second kappa shape index (κ2) is 6.66. The summed E-state index contributed by atoms with van der Waals surface area (Å²) in [5.41, 5.74) is 1.21. The van der Waals surface area contributed by atoms with E-state index in [0.717, 1.165) is 5.56 Å². The number of hydrogen-bond acceptors (Lipinski definition) is 3. The fourth-order valence-corrected chi connectivity index (χ4v) is 2.76. The van der Waals surface area contributed by atoms with Crippen LogP contribution in [-0.4, -0.2) is 30.3 Å². The number of alkyl halides is 3. The Labute approximate surface area is 142 Å². The summed E-state index contributed by atoms with van der Waals surface area (Å²) in [4.78, 5) is 13.9. The zero-order valence-corrected chi connectivity index (χ0v) is 13.4. The van der Waals surface area contributed by atoms with Crippen molar-refractivity contribution < 1.29 is 27.4 Å². The van der Waals surface area contributed by atoms with Crippen LogP contribution in [0.1, 0.15) is 11.1 Å². The van der Waals surface area contributed by atoms with Gasteiger partial charge < -0.3 is 14.4 Å². The summed E-state index contributed by atoms with van der Waals surface area (Å²) < 4.78 is 47.1. The quantitative estimate of drug-likeness (QED) is 0.846. The molecule has 0 aliphatic carbocycles. The van der Waals surface area contributed by atoms with E-state index in [4.69, 9.17) is 4.74 Å². The highest BCUT2D eigenvalue weighted by molar-refractivity contribution is 5.82. The van der Waals surface area contributed by atoms with Crippen LogP contribution >= 0.6 is 0 Å². The summed E-state index contributed by atoms with van der Waals surface area (Å²) in [6.07, 6.45) is -5.01. The maximum absolute atomic E-state index is 12.6. The fraction of sp³-hybridized carbons (Fsp3) is 0.278. The monoisotopic (exact) mass is 351 g/mol. The number of para-hydroxylation sites is 2. The van der Waals surface area contributed by atoms with Crippen LogP contribution in [0.15, 0.2) is 48.5 Å². The van der Waals surface area contributed by atoms with Crippen LogP contribution in [0, 0.1) is 0 Å². The Morgan fingerprint density at radius 3 is 2.60 bits per heavy atom. The van der Waals surface area contributed by atoms with Gasteiger partial charge in [0.05, 0.1) is 0 Å². The van der Waals surface area contributed by atoms with Crippen molar-refractivity contribution in [3.8, 4) is 11.5 Å². The van der Waals surface area contributed by atoms with Crippen LogP contribution < -0.4 is 9.47 Å². The molecule has 0 saturated carbocycles. The van der Waals surface area contributed by atoms with E-state index in [2.05, 4.69) is 4.74 Å². The number of likely N-dealkylation sites (N-methyl/N-ethyl adjacent to an activating group) is 1. The van der Waals surface area contributed by atoms with Crippen molar-refractivity contribution in [2.75, 3.05) is 7.05 Å². The molecule has 0 unspecified atom stereocenters. The number of benzene rings is 2. The molecular weight excluding hydrogens is 335 g/mol. The molecule has 1 aliphatic heterocycles. The molecule has 132 valence electrons. The first-order valence-electron chi connectivity index (χ1n) is 7.66. The molecule has 7 heteroatoms. The van der Waals surface area contributed by atoms with Crippen molar-refractivity contribution in [1.29, 1.82) is 0 Å². The Balaban J connectivity index is 1.69. The predicted octanol–water partition coefficient (Wildman–Crippen LogP) is 3.55. The number of halogens is 3. The fourth-order valence-electron chi connectivity index (χ4n) is 2.76. The number of nitrogens with zero attached hydrogens (tertiary/aromatic N) is 1. The van der Waals surface area contributed by atoms with E-state index in [1.165, 1.54) is 30.1 Å². The lowest BCUT2D eigenvalue weighted by atomic mass is 10.1. The van der Waals surface area contributed by atoms with Crippen LogP contribution in [0.5, 0.6) is 11.5 Å². The Morgan fingerprint density at radius 2 is 1.88 bits per heavy atom. The lowest BCUT2D eigenvalue weighted by Gasteiger charge is -2.22. The number of rotatable bonds is 4.